The zero-order chi connectivity index (χ0) is 14.2. The number of aliphatic hydroxyl groups excluding tert-OH is 1. The second-order valence-corrected chi connectivity index (χ2v) is 7.01. The molecule has 1 aromatic carbocycles. The van der Waals surface area contributed by atoms with E-state index in [1.54, 1.807) is 6.92 Å². The van der Waals surface area contributed by atoms with Crippen molar-refractivity contribution >= 4 is 27.3 Å². The number of sulfonamides is 1. The van der Waals surface area contributed by atoms with Gasteiger partial charge in [0.1, 0.15) is 0 Å². The monoisotopic (exact) mass is 304 g/mol. The zero-order valence-electron chi connectivity index (χ0n) is 10.6. The summed E-state index contributed by atoms with van der Waals surface area (Å²) < 4.78 is 26.6. The van der Waals surface area contributed by atoms with Crippen LogP contribution in [0.2, 0.25) is 5.02 Å². The average Bonchev–Trinajstić information content (AvgIpc) is 2.82. The molecule has 1 aliphatic heterocycles. The van der Waals surface area contributed by atoms with E-state index in [2.05, 4.69) is 0 Å². The molecule has 0 saturated carbocycles. The van der Waals surface area contributed by atoms with Gasteiger partial charge in [0.05, 0.1) is 11.5 Å². The molecule has 1 atom stereocenters. The highest BCUT2D eigenvalue weighted by Crippen LogP contribution is 2.31. The van der Waals surface area contributed by atoms with E-state index in [1.807, 2.05) is 0 Å². The normalized spacial score (nSPS) is 20.9. The molecule has 0 bridgehead atoms. The van der Waals surface area contributed by atoms with Crippen LogP contribution in [-0.4, -0.2) is 37.0 Å². The maximum Gasteiger partial charge on any atom is 0.243 e. The van der Waals surface area contributed by atoms with Crippen molar-refractivity contribution in [2.45, 2.75) is 30.7 Å². The summed E-state index contributed by atoms with van der Waals surface area (Å²) >= 11 is 5.89. The molecule has 1 heterocycles. The number of halogens is 1. The molecular formula is C12H17ClN2O3S. The minimum Gasteiger partial charge on any atom is -0.398 e. The third-order valence-electron chi connectivity index (χ3n) is 3.49. The first-order chi connectivity index (χ1) is 8.87. The Kier molecular flexibility index (Phi) is 4.06. The second kappa shape index (κ2) is 5.28. The largest absolute Gasteiger partial charge is 0.398 e. The van der Waals surface area contributed by atoms with Gasteiger partial charge in [-0.3, -0.25) is 0 Å². The Morgan fingerprint density at radius 3 is 2.84 bits per heavy atom. The fourth-order valence-corrected chi connectivity index (χ4v) is 4.64. The molecule has 0 amide bonds. The van der Waals surface area contributed by atoms with Gasteiger partial charge >= 0.3 is 0 Å². The lowest BCUT2D eigenvalue weighted by Crippen LogP contribution is -2.37. The first-order valence-corrected chi connectivity index (χ1v) is 7.88. The molecule has 0 radical (unpaired) electrons. The van der Waals surface area contributed by atoms with Crippen LogP contribution in [0, 0.1) is 6.92 Å². The van der Waals surface area contributed by atoms with Crippen molar-refractivity contribution in [3.8, 4) is 0 Å². The molecular weight excluding hydrogens is 288 g/mol. The molecule has 1 aromatic rings. The van der Waals surface area contributed by atoms with Crippen molar-refractivity contribution < 1.29 is 13.5 Å². The van der Waals surface area contributed by atoms with Crippen LogP contribution < -0.4 is 5.73 Å². The third kappa shape index (κ3) is 2.58. The van der Waals surface area contributed by atoms with Crippen molar-refractivity contribution in [3.63, 3.8) is 0 Å². The van der Waals surface area contributed by atoms with Gasteiger partial charge in [0.2, 0.25) is 10.0 Å². The quantitative estimate of drug-likeness (QED) is 0.826. The van der Waals surface area contributed by atoms with E-state index < -0.39 is 10.0 Å². The maximum atomic E-state index is 12.6. The van der Waals surface area contributed by atoms with E-state index in [1.165, 1.54) is 16.4 Å². The summed E-state index contributed by atoms with van der Waals surface area (Å²) in [7, 11) is -3.67. The van der Waals surface area contributed by atoms with Crippen molar-refractivity contribution in [3.05, 3.63) is 22.7 Å². The van der Waals surface area contributed by atoms with E-state index in [-0.39, 0.29) is 17.5 Å². The van der Waals surface area contributed by atoms with Gasteiger partial charge in [-0.25, -0.2) is 8.42 Å². The third-order valence-corrected chi connectivity index (χ3v) is 5.78. The lowest BCUT2D eigenvalue weighted by molar-refractivity contribution is 0.213. The lowest BCUT2D eigenvalue weighted by Gasteiger charge is -2.23. The van der Waals surface area contributed by atoms with Crippen molar-refractivity contribution in [2.24, 2.45) is 0 Å². The summed E-state index contributed by atoms with van der Waals surface area (Å²) in [6.07, 6.45) is 1.42. The molecule has 1 fully saturated rings. The topological polar surface area (TPSA) is 83.6 Å². The summed E-state index contributed by atoms with van der Waals surface area (Å²) in [6, 6.07) is 2.59. The van der Waals surface area contributed by atoms with Gasteiger partial charge in [-0.05, 0) is 37.5 Å². The van der Waals surface area contributed by atoms with E-state index in [0.717, 1.165) is 6.42 Å². The number of hydrogen-bond acceptors (Lipinski definition) is 4. The SMILES string of the molecule is Cc1c(N)cc(Cl)cc1S(=O)(=O)N1CCC[C@@H]1CO. The van der Waals surface area contributed by atoms with Gasteiger partial charge in [-0.15, -0.1) is 0 Å². The summed E-state index contributed by atoms with van der Waals surface area (Å²) in [6.45, 7) is 1.90. The Hall–Kier alpha value is -0.820. The number of nitrogens with two attached hydrogens (primary N) is 1. The van der Waals surface area contributed by atoms with Crippen LogP contribution in [-0.2, 0) is 10.0 Å². The number of hydrogen-bond donors (Lipinski definition) is 2. The molecule has 0 aliphatic carbocycles. The number of benzene rings is 1. The van der Waals surface area contributed by atoms with Crippen molar-refractivity contribution in [2.75, 3.05) is 18.9 Å². The van der Waals surface area contributed by atoms with Crippen LogP contribution in [0.3, 0.4) is 0 Å². The van der Waals surface area contributed by atoms with Crippen molar-refractivity contribution in [1.82, 2.24) is 4.31 Å². The van der Waals surface area contributed by atoms with E-state index >= 15 is 0 Å². The summed E-state index contributed by atoms with van der Waals surface area (Å²) in [5.41, 5.74) is 6.61. The Morgan fingerprint density at radius 2 is 2.21 bits per heavy atom. The van der Waals surface area contributed by atoms with Gasteiger partial charge in [0.25, 0.3) is 0 Å². The molecule has 7 heteroatoms. The van der Waals surface area contributed by atoms with Crippen molar-refractivity contribution in [1.29, 1.82) is 0 Å². The van der Waals surface area contributed by atoms with Crippen LogP contribution in [0.5, 0.6) is 0 Å². The summed E-state index contributed by atoms with van der Waals surface area (Å²) in [5, 5.41) is 9.56. The van der Waals surface area contributed by atoms with Crippen LogP contribution in [0.4, 0.5) is 5.69 Å². The van der Waals surface area contributed by atoms with Gasteiger partial charge in [0, 0.05) is 23.3 Å². The molecule has 0 spiro atoms. The van der Waals surface area contributed by atoms with Gasteiger partial charge in [0.15, 0.2) is 0 Å². The first-order valence-electron chi connectivity index (χ1n) is 6.06. The number of aliphatic hydroxyl groups is 1. The lowest BCUT2D eigenvalue weighted by atomic mass is 10.2. The van der Waals surface area contributed by atoms with Gasteiger partial charge < -0.3 is 10.8 Å². The average molecular weight is 305 g/mol. The van der Waals surface area contributed by atoms with Crippen LogP contribution in [0.25, 0.3) is 0 Å². The number of nitrogens with zero attached hydrogens (tertiary/aromatic N) is 1. The summed E-state index contributed by atoms with van der Waals surface area (Å²) in [5.74, 6) is 0. The molecule has 3 N–H and O–H groups in total. The van der Waals surface area contributed by atoms with E-state index in [4.69, 9.17) is 17.3 Å². The van der Waals surface area contributed by atoms with Gasteiger partial charge in [-0.2, -0.15) is 4.31 Å². The molecule has 0 unspecified atom stereocenters. The Morgan fingerprint density at radius 1 is 1.53 bits per heavy atom. The molecule has 1 aliphatic rings. The Bertz CT molecular complexity index is 589. The summed E-state index contributed by atoms with van der Waals surface area (Å²) in [4.78, 5) is 0.123. The molecule has 2 rings (SSSR count). The first kappa shape index (κ1) is 14.6. The molecule has 5 nitrogen and oxygen atoms in total. The Balaban J connectivity index is 2.51. The minimum absolute atomic E-state index is 0.123. The second-order valence-electron chi connectivity index (χ2n) is 4.71. The van der Waals surface area contributed by atoms with Crippen LogP contribution >= 0.6 is 11.6 Å². The minimum atomic E-state index is -3.67. The fourth-order valence-electron chi connectivity index (χ4n) is 2.38. The Labute approximate surface area is 118 Å². The predicted molar refractivity (Wildman–Crippen MR) is 74.6 cm³/mol. The van der Waals surface area contributed by atoms with E-state index in [0.29, 0.717) is 29.2 Å². The molecule has 1 saturated heterocycles. The smallest absolute Gasteiger partial charge is 0.243 e. The molecule has 0 aromatic heterocycles. The highest BCUT2D eigenvalue weighted by Gasteiger charge is 2.36. The zero-order valence-corrected chi connectivity index (χ0v) is 12.2. The number of nitrogen functional groups attached to an aromatic ring is 1. The predicted octanol–water partition coefficient (Wildman–Crippen LogP) is 1.38. The van der Waals surface area contributed by atoms with Crippen LogP contribution in [0.15, 0.2) is 17.0 Å². The maximum absolute atomic E-state index is 12.6. The molecule has 19 heavy (non-hydrogen) atoms. The molecule has 106 valence electrons. The standard InChI is InChI=1S/C12H17ClN2O3S/c1-8-11(14)5-9(13)6-12(8)19(17,18)15-4-2-3-10(15)7-16/h5-6,10,16H,2-4,7,14H2,1H3/t10-/m1/s1. The number of anilines is 1. The number of rotatable bonds is 3. The highest BCUT2D eigenvalue weighted by atomic mass is 35.5. The van der Waals surface area contributed by atoms with E-state index in [9.17, 15) is 13.5 Å². The fraction of sp³-hybridized carbons (Fsp3) is 0.500. The highest BCUT2D eigenvalue weighted by molar-refractivity contribution is 7.89. The van der Waals surface area contributed by atoms with Gasteiger partial charge in [-0.1, -0.05) is 11.6 Å². The van der Waals surface area contributed by atoms with Crippen LogP contribution in [0.1, 0.15) is 18.4 Å².